The Morgan fingerprint density at radius 3 is 2.43 bits per heavy atom. The molecule has 0 radical (unpaired) electrons. The summed E-state index contributed by atoms with van der Waals surface area (Å²) in [4.78, 5) is 35.1. The fourth-order valence-corrected chi connectivity index (χ4v) is 2.66. The van der Waals surface area contributed by atoms with Crippen LogP contribution in [-0.2, 0) is 9.59 Å². The van der Waals surface area contributed by atoms with Gasteiger partial charge in [-0.25, -0.2) is 0 Å². The standard InChI is InChI=1S/C17H20N2O4/c1-9-2-3-10(15(20)18-13-4-5-13)8-14(9)19-16(21)11-6-12(7-11)17(22)23/h2-3,8,11-13H,4-7H2,1H3,(H,18,20)(H,19,21)(H,22,23). The maximum atomic E-state index is 12.2. The Morgan fingerprint density at radius 1 is 1.13 bits per heavy atom. The van der Waals surface area contributed by atoms with E-state index in [0.717, 1.165) is 18.4 Å². The minimum Gasteiger partial charge on any atom is -0.481 e. The molecular weight excluding hydrogens is 296 g/mol. The number of amides is 2. The Balaban J connectivity index is 1.63. The summed E-state index contributed by atoms with van der Waals surface area (Å²) in [7, 11) is 0. The maximum absolute atomic E-state index is 12.2. The molecule has 0 heterocycles. The topological polar surface area (TPSA) is 95.5 Å². The van der Waals surface area contributed by atoms with Gasteiger partial charge in [0.25, 0.3) is 5.91 Å². The molecular formula is C17H20N2O4. The first-order valence-electron chi connectivity index (χ1n) is 7.89. The number of hydrogen-bond donors (Lipinski definition) is 3. The van der Waals surface area contributed by atoms with Gasteiger partial charge in [0.15, 0.2) is 0 Å². The number of carbonyl (C=O) groups is 3. The van der Waals surface area contributed by atoms with Crippen LogP contribution in [0.25, 0.3) is 0 Å². The first-order valence-corrected chi connectivity index (χ1v) is 7.89. The summed E-state index contributed by atoms with van der Waals surface area (Å²) in [6.07, 6.45) is 2.80. The number of carboxylic acids is 1. The van der Waals surface area contributed by atoms with Crippen LogP contribution in [0.4, 0.5) is 5.69 Å². The average Bonchev–Trinajstić information content (AvgIpc) is 3.22. The second-order valence-corrected chi connectivity index (χ2v) is 6.47. The van der Waals surface area contributed by atoms with E-state index in [2.05, 4.69) is 10.6 Å². The van der Waals surface area contributed by atoms with Gasteiger partial charge in [-0.05, 0) is 50.3 Å². The number of nitrogens with one attached hydrogen (secondary N) is 2. The molecule has 1 aromatic rings. The molecule has 2 aliphatic carbocycles. The van der Waals surface area contributed by atoms with Gasteiger partial charge in [0, 0.05) is 23.2 Å². The van der Waals surface area contributed by atoms with Crippen molar-refractivity contribution in [3.05, 3.63) is 29.3 Å². The van der Waals surface area contributed by atoms with Crippen LogP contribution in [0, 0.1) is 18.8 Å². The van der Waals surface area contributed by atoms with Crippen LogP contribution in [0.15, 0.2) is 18.2 Å². The summed E-state index contributed by atoms with van der Waals surface area (Å²) in [5.74, 6) is -1.83. The average molecular weight is 316 g/mol. The fraction of sp³-hybridized carbons (Fsp3) is 0.471. The van der Waals surface area contributed by atoms with E-state index in [-0.39, 0.29) is 23.8 Å². The third-order valence-electron chi connectivity index (χ3n) is 4.53. The van der Waals surface area contributed by atoms with Crippen LogP contribution >= 0.6 is 0 Å². The molecule has 2 amide bonds. The highest BCUT2D eigenvalue weighted by Crippen LogP contribution is 2.35. The summed E-state index contributed by atoms with van der Waals surface area (Å²) >= 11 is 0. The van der Waals surface area contributed by atoms with Crippen molar-refractivity contribution in [3.8, 4) is 0 Å². The minimum absolute atomic E-state index is 0.127. The first-order chi connectivity index (χ1) is 10.9. The lowest BCUT2D eigenvalue weighted by Gasteiger charge is -2.31. The summed E-state index contributed by atoms with van der Waals surface area (Å²) < 4.78 is 0. The number of hydrogen-bond acceptors (Lipinski definition) is 3. The van der Waals surface area contributed by atoms with E-state index in [9.17, 15) is 14.4 Å². The van der Waals surface area contributed by atoms with E-state index < -0.39 is 11.9 Å². The number of carbonyl (C=O) groups excluding carboxylic acids is 2. The molecule has 0 aliphatic heterocycles. The van der Waals surface area contributed by atoms with Crippen LogP contribution in [-0.4, -0.2) is 28.9 Å². The molecule has 0 aromatic heterocycles. The van der Waals surface area contributed by atoms with Crippen molar-refractivity contribution in [3.63, 3.8) is 0 Å². The molecule has 2 saturated carbocycles. The SMILES string of the molecule is Cc1ccc(C(=O)NC2CC2)cc1NC(=O)C1CC(C(=O)O)C1. The second-order valence-electron chi connectivity index (χ2n) is 6.47. The molecule has 2 aliphatic rings. The lowest BCUT2D eigenvalue weighted by Crippen LogP contribution is -2.38. The number of aryl methyl sites for hydroxylation is 1. The van der Waals surface area contributed by atoms with Crippen molar-refractivity contribution < 1.29 is 19.5 Å². The summed E-state index contributed by atoms with van der Waals surface area (Å²) in [5, 5.41) is 14.6. The Kier molecular flexibility index (Phi) is 4.07. The van der Waals surface area contributed by atoms with E-state index in [1.807, 2.05) is 6.92 Å². The number of rotatable bonds is 5. The van der Waals surface area contributed by atoms with E-state index in [1.54, 1.807) is 18.2 Å². The molecule has 2 fully saturated rings. The molecule has 6 nitrogen and oxygen atoms in total. The number of aliphatic carboxylic acids is 1. The van der Waals surface area contributed by atoms with Crippen LogP contribution in [0.3, 0.4) is 0 Å². The van der Waals surface area contributed by atoms with Gasteiger partial charge in [-0.15, -0.1) is 0 Å². The molecule has 0 spiro atoms. The Hall–Kier alpha value is -2.37. The molecule has 1 aromatic carbocycles. The van der Waals surface area contributed by atoms with Crippen molar-refractivity contribution in [1.29, 1.82) is 0 Å². The lowest BCUT2D eigenvalue weighted by atomic mass is 9.74. The number of anilines is 1. The molecule has 23 heavy (non-hydrogen) atoms. The van der Waals surface area contributed by atoms with Gasteiger partial charge < -0.3 is 15.7 Å². The number of carboxylic acid groups (broad SMARTS) is 1. The van der Waals surface area contributed by atoms with Crippen molar-refractivity contribution in [1.82, 2.24) is 5.32 Å². The molecule has 122 valence electrons. The van der Waals surface area contributed by atoms with Crippen molar-refractivity contribution in [2.75, 3.05) is 5.32 Å². The summed E-state index contributed by atoms with van der Waals surface area (Å²) in [6.45, 7) is 1.86. The highest BCUT2D eigenvalue weighted by atomic mass is 16.4. The minimum atomic E-state index is -0.844. The van der Waals surface area contributed by atoms with E-state index in [0.29, 0.717) is 24.1 Å². The zero-order valence-electron chi connectivity index (χ0n) is 13.0. The fourth-order valence-electron chi connectivity index (χ4n) is 2.66. The van der Waals surface area contributed by atoms with Gasteiger partial charge in [0.1, 0.15) is 0 Å². The Bertz CT molecular complexity index is 661. The molecule has 3 N–H and O–H groups in total. The van der Waals surface area contributed by atoms with Crippen LogP contribution in [0.1, 0.15) is 41.6 Å². The maximum Gasteiger partial charge on any atom is 0.306 e. The van der Waals surface area contributed by atoms with Gasteiger partial charge in [0.2, 0.25) is 5.91 Å². The zero-order valence-corrected chi connectivity index (χ0v) is 13.0. The Morgan fingerprint density at radius 2 is 1.83 bits per heavy atom. The van der Waals surface area contributed by atoms with E-state index >= 15 is 0 Å². The third kappa shape index (κ3) is 3.52. The first kappa shape index (κ1) is 15.5. The largest absolute Gasteiger partial charge is 0.481 e. The monoisotopic (exact) mass is 316 g/mol. The molecule has 3 rings (SSSR count). The van der Waals surface area contributed by atoms with Crippen molar-refractivity contribution in [2.45, 2.75) is 38.6 Å². The van der Waals surface area contributed by atoms with Gasteiger partial charge in [-0.1, -0.05) is 6.07 Å². The Labute approximate surface area is 134 Å². The normalized spacial score (nSPS) is 22.8. The van der Waals surface area contributed by atoms with Gasteiger partial charge >= 0.3 is 5.97 Å². The van der Waals surface area contributed by atoms with E-state index in [4.69, 9.17) is 5.11 Å². The van der Waals surface area contributed by atoms with Crippen LogP contribution in [0.2, 0.25) is 0 Å². The van der Waals surface area contributed by atoms with Crippen molar-refractivity contribution in [2.24, 2.45) is 11.8 Å². The smallest absolute Gasteiger partial charge is 0.306 e. The predicted octanol–water partition coefficient (Wildman–Crippen LogP) is 1.94. The molecule has 0 unspecified atom stereocenters. The molecule has 0 atom stereocenters. The highest BCUT2D eigenvalue weighted by Gasteiger charge is 2.38. The predicted molar refractivity (Wildman–Crippen MR) is 84.1 cm³/mol. The van der Waals surface area contributed by atoms with E-state index in [1.165, 1.54) is 0 Å². The second kappa shape index (κ2) is 6.02. The van der Waals surface area contributed by atoms with Gasteiger partial charge in [0.05, 0.1) is 5.92 Å². The molecule has 0 bridgehead atoms. The number of benzene rings is 1. The lowest BCUT2D eigenvalue weighted by molar-refractivity contribution is -0.147. The molecule has 0 saturated heterocycles. The third-order valence-corrected chi connectivity index (χ3v) is 4.53. The molecule has 6 heteroatoms. The quantitative estimate of drug-likeness (QED) is 0.773. The van der Waals surface area contributed by atoms with Gasteiger partial charge in [-0.2, -0.15) is 0 Å². The van der Waals surface area contributed by atoms with Crippen LogP contribution in [0.5, 0.6) is 0 Å². The summed E-state index contributed by atoms with van der Waals surface area (Å²) in [6, 6.07) is 5.51. The highest BCUT2D eigenvalue weighted by molar-refractivity contribution is 5.99. The van der Waals surface area contributed by atoms with Crippen LogP contribution < -0.4 is 10.6 Å². The zero-order chi connectivity index (χ0) is 16.6. The van der Waals surface area contributed by atoms with Crippen molar-refractivity contribution >= 4 is 23.5 Å². The van der Waals surface area contributed by atoms with Gasteiger partial charge in [-0.3, -0.25) is 14.4 Å². The summed E-state index contributed by atoms with van der Waals surface area (Å²) in [5.41, 5.74) is 2.00.